The van der Waals surface area contributed by atoms with Gasteiger partial charge in [0.25, 0.3) is 0 Å². The molecule has 0 saturated heterocycles. The minimum atomic E-state index is -0.675. The van der Waals surface area contributed by atoms with E-state index in [0.717, 1.165) is 12.0 Å². The Kier molecular flexibility index (Phi) is 2.51. The van der Waals surface area contributed by atoms with Gasteiger partial charge in [0.1, 0.15) is 0 Å². The molecule has 0 spiro atoms. The quantitative estimate of drug-likeness (QED) is 0.799. The third kappa shape index (κ3) is 1.76. The summed E-state index contributed by atoms with van der Waals surface area (Å²) in [5.41, 5.74) is 1.01. The number of benzene rings is 1. The molecule has 2 unspecified atom stereocenters. The predicted molar refractivity (Wildman–Crippen MR) is 61.3 cm³/mol. The molecule has 80 valence electrons. The van der Waals surface area contributed by atoms with E-state index in [9.17, 15) is 4.79 Å². The van der Waals surface area contributed by atoms with E-state index in [1.807, 2.05) is 13.2 Å². The number of hydrogen-bond donors (Lipinski definition) is 1. The maximum absolute atomic E-state index is 10.9. The van der Waals surface area contributed by atoms with Crippen molar-refractivity contribution >= 4 is 17.7 Å². The van der Waals surface area contributed by atoms with Gasteiger partial charge in [0.05, 0.1) is 5.92 Å². The Morgan fingerprint density at radius 3 is 2.47 bits per heavy atom. The van der Waals surface area contributed by atoms with Crippen LogP contribution in [0, 0.1) is 5.92 Å². The number of aliphatic carboxylic acids is 1. The van der Waals surface area contributed by atoms with Gasteiger partial charge in [0.15, 0.2) is 0 Å². The van der Waals surface area contributed by atoms with Crippen molar-refractivity contribution in [2.24, 2.45) is 5.92 Å². The lowest BCUT2D eigenvalue weighted by Crippen LogP contribution is -2.10. The van der Waals surface area contributed by atoms with E-state index in [1.54, 1.807) is 11.8 Å². The van der Waals surface area contributed by atoms with Gasteiger partial charge in [-0.1, -0.05) is 19.1 Å². The maximum Gasteiger partial charge on any atom is 0.307 e. The van der Waals surface area contributed by atoms with Crippen molar-refractivity contribution < 1.29 is 9.90 Å². The lowest BCUT2D eigenvalue weighted by atomic mass is 9.96. The van der Waals surface area contributed by atoms with Crippen LogP contribution in [0.3, 0.4) is 0 Å². The van der Waals surface area contributed by atoms with Crippen molar-refractivity contribution in [1.29, 1.82) is 0 Å². The van der Waals surface area contributed by atoms with Crippen LogP contribution in [-0.4, -0.2) is 17.3 Å². The van der Waals surface area contributed by atoms with Crippen molar-refractivity contribution in [1.82, 2.24) is 0 Å². The second-order valence-corrected chi connectivity index (χ2v) is 5.12. The lowest BCUT2D eigenvalue weighted by molar-refractivity contribution is -0.138. The summed E-state index contributed by atoms with van der Waals surface area (Å²) >= 11 is 1.70. The van der Waals surface area contributed by atoms with Crippen molar-refractivity contribution in [3.63, 3.8) is 0 Å². The van der Waals surface area contributed by atoms with Gasteiger partial charge in [0, 0.05) is 10.3 Å². The normalized spacial score (nSPS) is 28.8. The van der Waals surface area contributed by atoms with Crippen molar-refractivity contribution in [3.05, 3.63) is 29.8 Å². The Bertz CT molecular complexity index is 385. The van der Waals surface area contributed by atoms with Gasteiger partial charge < -0.3 is 5.11 Å². The maximum atomic E-state index is 10.9. The third-order valence-corrected chi connectivity index (χ3v) is 4.03. The van der Waals surface area contributed by atoms with E-state index in [-0.39, 0.29) is 11.3 Å². The number of thioether (sulfide) groups is 1. The molecule has 1 aliphatic rings. The highest BCUT2D eigenvalue weighted by Crippen LogP contribution is 2.54. The Hall–Kier alpha value is -0.960. The summed E-state index contributed by atoms with van der Waals surface area (Å²) in [6, 6.07) is 8.22. The number of carbonyl (C=O) groups is 1. The number of hydrogen-bond acceptors (Lipinski definition) is 2. The van der Waals surface area contributed by atoms with Crippen LogP contribution < -0.4 is 0 Å². The van der Waals surface area contributed by atoms with Gasteiger partial charge >= 0.3 is 5.97 Å². The summed E-state index contributed by atoms with van der Waals surface area (Å²) in [5, 5.41) is 8.95. The first kappa shape index (κ1) is 10.6. The van der Waals surface area contributed by atoms with Crippen LogP contribution in [0.25, 0.3) is 0 Å². The fraction of sp³-hybridized carbons (Fsp3) is 0.417. The lowest BCUT2D eigenvalue weighted by Gasteiger charge is -2.10. The van der Waals surface area contributed by atoms with Crippen LogP contribution in [0.4, 0.5) is 0 Å². The zero-order valence-corrected chi connectivity index (χ0v) is 9.67. The molecule has 0 amide bonds. The van der Waals surface area contributed by atoms with E-state index in [0.29, 0.717) is 0 Å². The minimum absolute atomic E-state index is 0.136. The first-order chi connectivity index (χ1) is 7.08. The zero-order chi connectivity index (χ0) is 11.1. The molecule has 1 aromatic carbocycles. The molecule has 1 saturated carbocycles. The summed E-state index contributed by atoms with van der Waals surface area (Å²) < 4.78 is 0. The molecule has 3 heteroatoms. The minimum Gasteiger partial charge on any atom is -0.481 e. The van der Waals surface area contributed by atoms with Gasteiger partial charge in [-0.3, -0.25) is 4.79 Å². The largest absolute Gasteiger partial charge is 0.481 e. The summed E-state index contributed by atoms with van der Waals surface area (Å²) in [5.74, 6) is -0.871. The average molecular weight is 222 g/mol. The summed E-state index contributed by atoms with van der Waals surface area (Å²) in [4.78, 5) is 12.1. The van der Waals surface area contributed by atoms with Gasteiger partial charge in [-0.05, 0) is 30.4 Å². The number of rotatable bonds is 3. The van der Waals surface area contributed by atoms with Crippen LogP contribution in [0.5, 0.6) is 0 Å². The first-order valence-electron chi connectivity index (χ1n) is 4.95. The Labute approximate surface area is 93.7 Å². The summed E-state index contributed by atoms with van der Waals surface area (Å²) in [6.07, 6.45) is 2.80. The molecule has 0 heterocycles. The molecule has 1 aromatic rings. The van der Waals surface area contributed by atoms with E-state index in [2.05, 4.69) is 24.3 Å². The van der Waals surface area contributed by atoms with Crippen LogP contribution in [0.15, 0.2) is 29.2 Å². The Morgan fingerprint density at radius 1 is 1.47 bits per heavy atom. The van der Waals surface area contributed by atoms with Crippen LogP contribution in [0.1, 0.15) is 18.9 Å². The molecule has 1 aliphatic carbocycles. The monoisotopic (exact) mass is 222 g/mol. The topological polar surface area (TPSA) is 37.3 Å². The van der Waals surface area contributed by atoms with Gasteiger partial charge in [-0.25, -0.2) is 0 Å². The van der Waals surface area contributed by atoms with Gasteiger partial charge in [-0.2, -0.15) is 0 Å². The zero-order valence-electron chi connectivity index (χ0n) is 8.86. The van der Waals surface area contributed by atoms with Crippen LogP contribution >= 0.6 is 11.8 Å². The second kappa shape index (κ2) is 3.56. The van der Waals surface area contributed by atoms with Crippen molar-refractivity contribution in [2.45, 2.75) is 23.7 Å². The standard InChI is InChI=1S/C12H14O2S/c1-12(7-10(12)11(13)14)8-3-5-9(15-2)6-4-8/h3-6,10H,7H2,1-2H3,(H,13,14). The van der Waals surface area contributed by atoms with Crippen molar-refractivity contribution in [3.8, 4) is 0 Å². The summed E-state index contributed by atoms with van der Waals surface area (Å²) in [6.45, 7) is 2.03. The van der Waals surface area contributed by atoms with E-state index in [1.165, 1.54) is 4.90 Å². The molecular weight excluding hydrogens is 208 g/mol. The van der Waals surface area contributed by atoms with Gasteiger partial charge in [-0.15, -0.1) is 11.8 Å². The van der Waals surface area contributed by atoms with Gasteiger partial charge in [0.2, 0.25) is 0 Å². The molecule has 0 aliphatic heterocycles. The molecule has 15 heavy (non-hydrogen) atoms. The molecule has 2 rings (SSSR count). The summed E-state index contributed by atoms with van der Waals surface area (Å²) in [7, 11) is 0. The van der Waals surface area contributed by atoms with Crippen LogP contribution in [0.2, 0.25) is 0 Å². The molecule has 2 atom stereocenters. The molecule has 0 aromatic heterocycles. The van der Waals surface area contributed by atoms with E-state index in [4.69, 9.17) is 5.11 Å². The Balaban J connectivity index is 2.21. The smallest absolute Gasteiger partial charge is 0.307 e. The van der Waals surface area contributed by atoms with E-state index < -0.39 is 5.97 Å². The predicted octanol–water partition coefficient (Wildman–Crippen LogP) is 2.77. The highest BCUT2D eigenvalue weighted by molar-refractivity contribution is 7.98. The number of carboxylic acid groups (broad SMARTS) is 1. The average Bonchev–Trinajstić information content (AvgIpc) is 2.93. The molecular formula is C12H14O2S. The molecule has 0 bridgehead atoms. The molecule has 0 radical (unpaired) electrons. The highest BCUT2D eigenvalue weighted by atomic mass is 32.2. The third-order valence-electron chi connectivity index (χ3n) is 3.28. The fourth-order valence-corrected chi connectivity index (χ4v) is 2.42. The molecule has 1 N–H and O–H groups in total. The number of carboxylic acids is 1. The van der Waals surface area contributed by atoms with Crippen molar-refractivity contribution in [2.75, 3.05) is 6.26 Å². The Morgan fingerprint density at radius 2 is 2.07 bits per heavy atom. The molecule has 1 fully saturated rings. The van der Waals surface area contributed by atoms with Crippen LogP contribution in [-0.2, 0) is 10.2 Å². The SMILES string of the molecule is CSc1ccc(C2(C)CC2C(=O)O)cc1. The first-order valence-corrected chi connectivity index (χ1v) is 6.18. The van der Waals surface area contributed by atoms with E-state index >= 15 is 0 Å². The fourth-order valence-electron chi connectivity index (χ4n) is 2.02. The second-order valence-electron chi connectivity index (χ2n) is 4.24. The highest BCUT2D eigenvalue weighted by Gasteiger charge is 2.55. The molecule has 2 nitrogen and oxygen atoms in total.